The zero-order chi connectivity index (χ0) is 12.0. The van der Waals surface area contributed by atoms with Gasteiger partial charge in [0.05, 0.1) is 16.8 Å². The summed E-state index contributed by atoms with van der Waals surface area (Å²) in [4.78, 5) is 4.26. The highest BCUT2D eigenvalue weighted by Crippen LogP contribution is 2.13. The van der Waals surface area contributed by atoms with E-state index in [9.17, 15) is 5.11 Å². The fourth-order valence-corrected chi connectivity index (χ4v) is 2.76. The van der Waals surface area contributed by atoms with Crippen LogP contribution >= 0.6 is 23.1 Å². The van der Waals surface area contributed by atoms with Gasteiger partial charge >= 0.3 is 0 Å². The fourth-order valence-electron chi connectivity index (χ4n) is 1.21. The molecule has 1 heterocycles. The molecule has 5 heteroatoms. The van der Waals surface area contributed by atoms with Gasteiger partial charge in [-0.3, -0.25) is 0 Å². The van der Waals surface area contributed by atoms with E-state index in [4.69, 9.17) is 0 Å². The summed E-state index contributed by atoms with van der Waals surface area (Å²) in [6.07, 6.45) is 0. The van der Waals surface area contributed by atoms with Crippen molar-refractivity contribution in [1.82, 2.24) is 10.3 Å². The molecule has 0 saturated carbocycles. The summed E-state index contributed by atoms with van der Waals surface area (Å²) < 4.78 is 0. The normalized spacial score (nSPS) is 14.0. The Morgan fingerprint density at radius 3 is 2.94 bits per heavy atom. The molecule has 0 saturated heterocycles. The SMILES string of the molecule is CC(NCCSCC(C)(C)O)c1cscn1. The van der Waals surface area contributed by atoms with Crippen LogP contribution in [0.2, 0.25) is 0 Å². The van der Waals surface area contributed by atoms with Crippen LogP contribution in [-0.2, 0) is 0 Å². The van der Waals surface area contributed by atoms with E-state index in [0.29, 0.717) is 6.04 Å². The molecule has 1 atom stereocenters. The molecule has 0 bridgehead atoms. The largest absolute Gasteiger partial charge is 0.390 e. The van der Waals surface area contributed by atoms with E-state index in [2.05, 4.69) is 22.6 Å². The number of hydrogen-bond donors (Lipinski definition) is 2. The molecule has 0 fully saturated rings. The first-order valence-corrected chi connectivity index (χ1v) is 7.50. The topological polar surface area (TPSA) is 45.1 Å². The van der Waals surface area contributed by atoms with Crippen LogP contribution in [0, 0.1) is 0 Å². The van der Waals surface area contributed by atoms with Crippen LogP contribution in [0.4, 0.5) is 0 Å². The molecule has 2 N–H and O–H groups in total. The molecule has 0 aromatic carbocycles. The second-order valence-electron chi connectivity index (χ2n) is 4.45. The lowest BCUT2D eigenvalue weighted by atomic mass is 10.2. The molecule has 16 heavy (non-hydrogen) atoms. The summed E-state index contributed by atoms with van der Waals surface area (Å²) in [5, 5.41) is 15.0. The van der Waals surface area contributed by atoms with E-state index in [1.165, 1.54) is 0 Å². The van der Waals surface area contributed by atoms with Crippen LogP contribution < -0.4 is 5.32 Å². The average molecular weight is 260 g/mol. The van der Waals surface area contributed by atoms with Gasteiger partial charge in [-0.1, -0.05) is 0 Å². The van der Waals surface area contributed by atoms with Gasteiger partial charge in [0.1, 0.15) is 0 Å². The van der Waals surface area contributed by atoms with Crippen LogP contribution in [0.3, 0.4) is 0 Å². The Bertz CT molecular complexity index is 283. The van der Waals surface area contributed by atoms with Crippen LogP contribution in [-0.4, -0.2) is 33.7 Å². The molecule has 1 unspecified atom stereocenters. The van der Waals surface area contributed by atoms with E-state index in [-0.39, 0.29) is 0 Å². The van der Waals surface area contributed by atoms with Crippen molar-refractivity contribution in [2.75, 3.05) is 18.1 Å². The zero-order valence-electron chi connectivity index (χ0n) is 10.1. The van der Waals surface area contributed by atoms with E-state index < -0.39 is 5.60 Å². The second-order valence-corrected chi connectivity index (χ2v) is 6.28. The van der Waals surface area contributed by atoms with E-state index in [1.54, 1.807) is 23.1 Å². The Balaban J connectivity index is 2.08. The van der Waals surface area contributed by atoms with Crippen molar-refractivity contribution in [3.63, 3.8) is 0 Å². The number of thioether (sulfide) groups is 1. The zero-order valence-corrected chi connectivity index (χ0v) is 11.7. The van der Waals surface area contributed by atoms with Crippen LogP contribution in [0.15, 0.2) is 10.9 Å². The van der Waals surface area contributed by atoms with Crippen molar-refractivity contribution in [2.45, 2.75) is 32.4 Å². The van der Waals surface area contributed by atoms with Gasteiger partial charge in [-0.2, -0.15) is 11.8 Å². The summed E-state index contributed by atoms with van der Waals surface area (Å²) >= 11 is 3.39. The summed E-state index contributed by atoms with van der Waals surface area (Å²) in [6.45, 7) is 6.74. The third-order valence-electron chi connectivity index (χ3n) is 2.05. The Kier molecular flexibility index (Phi) is 5.75. The fraction of sp³-hybridized carbons (Fsp3) is 0.727. The highest BCUT2D eigenvalue weighted by molar-refractivity contribution is 7.99. The maximum Gasteiger partial charge on any atom is 0.0795 e. The molecule has 1 aromatic rings. The van der Waals surface area contributed by atoms with Gasteiger partial charge in [0.2, 0.25) is 0 Å². The molecule has 0 radical (unpaired) electrons. The van der Waals surface area contributed by atoms with Gasteiger partial charge in [0, 0.05) is 29.5 Å². The summed E-state index contributed by atoms with van der Waals surface area (Å²) in [5.41, 5.74) is 2.40. The number of nitrogens with one attached hydrogen (secondary N) is 1. The Morgan fingerprint density at radius 2 is 2.38 bits per heavy atom. The molecule has 0 aliphatic carbocycles. The molecule has 92 valence electrons. The second kappa shape index (κ2) is 6.59. The minimum atomic E-state index is -0.564. The molecular weight excluding hydrogens is 240 g/mol. The van der Waals surface area contributed by atoms with Crippen molar-refractivity contribution < 1.29 is 5.11 Å². The molecule has 3 nitrogen and oxygen atoms in total. The number of thiazole rings is 1. The van der Waals surface area contributed by atoms with Crippen LogP contribution in [0.25, 0.3) is 0 Å². The van der Waals surface area contributed by atoms with Crippen molar-refractivity contribution >= 4 is 23.1 Å². The molecule has 0 amide bonds. The van der Waals surface area contributed by atoms with Crippen molar-refractivity contribution in [3.8, 4) is 0 Å². The van der Waals surface area contributed by atoms with Gasteiger partial charge < -0.3 is 10.4 Å². The third-order valence-corrected chi connectivity index (χ3v) is 4.06. The van der Waals surface area contributed by atoms with Gasteiger partial charge in [0.15, 0.2) is 0 Å². The Labute approximate surface area is 106 Å². The number of rotatable bonds is 7. The van der Waals surface area contributed by atoms with E-state index in [0.717, 1.165) is 23.7 Å². The molecular formula is C11H20N2OS2. The summed E-state index contributed by atoms with van der Waals surface area (Å²) in [6, 6.07) is 0.314. The maximum absolute atomic E-state index is 9.53. The van der Waals surface area contributed by atoms with Crippen molar-refractivity contribution in [3.05, 3.63) is 16.6 Å². The van der Waals surface area contributed by atoms with E-state index >= 15 is 0 Å². The lowest BCUT2D eigenvalue weighted by molar-refractivity contribution is 0.107. The lowest BCUT2D eigenvalue weighted by Gasteiger charge is -2.16. The van der Waals surface area contributed by atoms with Crippen molar-refractivity contribution in [1.29, 1.82) is 0 Å². The summed E-state index contributed by atoms with van der Waals surface area (Å²) in [7, 11) is 0. The minimum absolute atomic E-state index is 0.314. The number of aliphatic hydroxyl groups is 1. The van der Waals surface area contributed by atoms with Crippen LogP contribution in [0.1, 0.15) is 32.5 Å². The highest BCUT2D eigenvalue weighted by atomic mass is 32.2. The van der Waals surface area contributed by atoms with Crippen molar-refractivity contribution in [2.24, 2.45) is 0 Å². The third kappa shape index (κ3) is 5.84. The van der Waals surface area contributed by atoms with E-state index in [1.807, 2.05) is 19.4 Å². The molecule has 1 aromatic heterocycles. The quantitative estimate of drug-likeness (QED) is 0.738. The van der Waals surface area contributed by atoms with Gasteiger partial charge in [0.25, 0.3) is 0 Å². The standard InChI is InChI=1S/C11H20N2OS2/c1-9(10-6-16-8-13-10)12-4-5-15-7-11(2,3)14/h6,8-9,12,14H,4-5,7H2,1-3H3. The molecule has 0 aliphatic heterocycles. The van der Waals surface area contributed by atoms with Gasteiger partial charge in [-0.25, -0.2) is 4.98 Å². The minimum Gasteiger partial charge on any atom is -0.390 e. The highest BCUT2D eigenvalue weighted by Gasteiger charge is 2.12. The molecule has 1 rings (SSSR count). The number of nitrogens with zero attached hydrogens (tertiary/aromatic N) is 1. The Morgan fingerprint density at radius 1 is 1.62 bits per heavy atom. The van der Waals surface area contributed by atoms with Gasteiger partial charge in [-0.05, 0) is 20.8 Å². The predicted molar refractivity (Wildman–Crippen MR) is 72.2 cm³/mol. The predicted octanol–water partition coefficient (Wildman–Crippen LogP) is 2.30. The monoisotopic (exact) mass is 260 g/mol. The number of aromatic nitrogens is 1. The molecule has 0 aliphatic rings. The average Bonchev–Trinajstić information content (AvgIpc) is 2.67. The first-order chi connectivity index (χ1) is 7.49. The smallest absolute Gasteiger partial charge is 0.0795 e. The lowest BCUT2D eigenvalue weighted by Crippen LogP contribution is -2.25. The Hall–Kier alpha value is -0.100. The van der Waals surface area contributed by atoms with Crippen LogP contribution in [0.5, 0.6) is 0 Å². The van der Waals surface area contributed by atoms with Gasteiger partial charge in [-0.15, -0.1) is 11.3 Å². The molecule has 0 spiro atoms. The first-order valence-electron chi connectivity index (χ1n) is 5.40. The first kappa shape index (κ1) is 14.0. The number of hydrogen-bond acceptors (Lipinski definition) is 5. The maximum atomic E-state index is 9.53. The summed E-state index contributed by atoms with van der Waals surface area (Å²) in [5.74, 6) is 1.79.